The zero-order chi connectivity index (χ0) is 20.8. The molecule has 0 aromatic heterocycles. The van der Waals surface area contributed by atoms with Crippen LogP contribution in [0.25, 0.3) is 0 Å². The molecule has 0 aliphatic heterocycles. The van der Waals surface area contributed by atoms with E-state index in [9.17, 15) is 14.0 Å². The predicted molar refractivity (Wildman–Crippen MR) is 113 cm³/mol. The summed E-state index contributed by atoms with van der Waals surface area (Å²) in [5.74, 6) is -1.18. The van der Waals surface area contributed by atoms with Crippen molar-refractivity contribution in [2.24, 2.45) is 0 Å². The minimum atomic E-state index is -0.718. The van der Waals surface area contributed by atoms with E-state index in [-0.39, 0.29) is 41.4 Å². The second kappa shape index (κ2) is 10.0. The van der Waals surface area contributed by atoms with Crippen molar-refractivity contribution in [3.05, 3.63) is 68.9 Å². The number of amides is 2. The molecule has 0 saturated heterocycles. The summed E-state index contributed by atoms with van der Waals surface area (Å²) in [4.78, 5) is 27.0. The van der Waals surface area contributed by atoms with Crippen molar-refractivity contribution in [3.8, 4) is 0 Å². The predicted octanol–water partition coefficient (Wildman–Crippen LogP) is 4.73. The molecule has 0 fully saturated rings. The normalized spacial score (nSPS) is 12.0. The molecular weight excluding hydrogens is 447 g/mol. The van der Waals surface area contributed by atoms with Crippen molar-refractivity contribution in [2.45, 2.75) is 45.8 Å². The highest BCUT2D eigenvalue weighted by molar-refractivity contribution is 9.10. The van der Waals surface area contributed by atoms with E-state index < -0.39 is 11.9 Å². The van der Waals surface area contributed by atoms with E-state index in [2.05, 4.69) is 21.2 Å². The maximum absolute atomic E-state index is 14.1. The van der Waals surface area contributed by atoms with Gasteiger partial charge in [0.25, 0.3) is 0 Å². The van der Waals surface area contributed by atoms with Crippen LogP contribution in [0, 0.1) is 5.82 Å². The van der Waals surface area contributed by atoms with Crippen LogP contribution in [0.4, 0.5) is 4.39 Å². The molecule has 7 heteroatoms. The van der Waals surface area contributed by atoms with Gasteiger partial charge in [-0.1, -0.05) is 45.7 Å². The fraction of sp³-hybridized carbons (Fsp3) is 0.333. The molecule has 2 aromatic rings. The minimum absolute atomic E-state index is 0.0550. The Morgan fingerprint density at radius 1 is 1.14 bits per heavy atom. The first kappa shape index (κ1) is 22.4. The molecule has 1 N–H and O–H groups in total. The number of rotatable bonds is 7. The number of benzene rings is 2. The van der Waals surface area contributed by atoms with E-state index in [0.29, 0.717) is 0 Å². The average Bonchev–Trinajstić information content (AvgIpc) is 2.63. The molecule has 0 bridgehead atoms. The Morgan fingerprint density at radius 3 is 2.36 bits per heavy atom. The van der Waals surface area contributed by atoms with Gasteiger partial charge < -0.3 is 10.2 Å². The van der Waals surface area contributed by atoms with E-state index in [4.69, 9.17) is 11.6 Å². The third kappa shape index (κ3) is 6.04. The number of nitrogens with zero attached hydrogens (tertiary/aromatic N) is 1. The van der Waals surface area contributed by atoms with Crippen LogP contribution in [0.15, 0.2) is 46.9 Å². The molecule has 2 rings (SSSR count). The van der Waals surface area contributed by atoms with Gasteiger partial charge in [-0.25, -0.2) is 4.39 Å². The zero-order valence-electron chi connectivity index (χ0n) is 16.0. The maximum Gasteiger partial charge on any atom is 0.242 e. The van der Waals surface area contributed by atoms with Crippen molar-refractivity contribution in [3.63, 3.8) is 0 Å². The smallest absolute Gasteiger partial charge is 0.242 e. The third-order valence-electron chi connectivity index (χ3n) is 4.25. The number of nitrogens with one attached hydrogen (secondary N) is 1. The number of hydrogen-bond donors (Lipinski definition) is 1. The highest BCUT2D eigenvalue weighted by Crippen LogP contribution is 2.22. The van der Waals surface area contributed by atoms with Gasteiger partial charge in [0.15, 0.2) is 0 Å². The Kier molecular flexibility index (Phi) is 8.01. The van der Waals surface area contributed by atoms with Gasteiger partial charge in [-0.15, -0.1) is 0 Å². The van der Waals surface area contributed by atoms with Gasteiger partial charge in [-0.3, -0.25) is 9.59 Å². The van der Waals surface area contributed by atoms with Gasteiger partial charge >= 0.3 is 0 Å². The first-order chi connectivity index (χ1) is 13.2. The van der Waals surface area contributed by atoms with E-state index >= 15 is 0 Å². The SMILES string of the molecule is CC(C)NC(=O)C(C)N(Cc1ccc(Br)cc1)C(=O)Cc1c(F)cccc1Cl. The van der Waals surface area contributed by atoms with Crippen molar-refractivity contribution in [2.75, 3.05) is 0 Å². The summed E-state index contributed by atoms with van der Waals surface area (Å²) >= 11 is 9.45. The van der Waals surface area contributed by atoms with Gasteiger partial charge in [0.2, 0.25) is 11.8 Å². The van der Waals surface area contributed by atoms with Crippen molar-refractivity contribution < 1.29 is 14.0 Å². The quantitative estimate of drug-likeness (QED) is 0.637. The fourth-order valence-corrected chi connectivity index (χ4v) is 3.22. The minimum Gasteiger partial charge on any atom is -0.352 e. The molecule has 0 saturated carbocycles. The molecule has 0 heterocycles. The first-order valence-electron chi connectivity index (χ1n) is 8.96. The van der Waals surface area contributed by atoms with Crippen LogP contribution < -0.4 is 5.32 Å². The molecule has 1 unspecified atom stereocenters. The molecule has 0 aliphatic carbocycles. The summed E-state index contributed by atoms with van der Waals surface area (Å²) in [5.41, 5.74) is 0.992. The van der Waals surface area contributed by atoms with Crippen molar-refractivity contribution >= 4 is 39.3 Å². The summed E-state index contributed by atoms with van der Waals surface area (Å²) in [6.07, 6.45) is -0.221. The Morgan fingerprint density at radius 2 is 1.79 bits per heavy atom. The molecule has 0 aliphatic rings. The van der Waals surface area contributed by atoms with Gasteiger partial charge in [-0.2, -0.15) is 0 Å². The summed E-state index contributed by atoms with van der Waals surface area (Å²) in [5, 5.41) is 3.01. The van der Waals surface area contributed by atoms with Crippen LogP contribution in [0.1, 0.15) is 31.9 Å². The molecule has 2 aromatic carbocycles. The Balaban J connectivity index is 2.29. The Labute approximate surface area is 178 Å². The molecule has 0 radical (unpaired) electrons. The topological polar surface area (TPSA) is 49.4 Å². The Hall–Kier alpha value is -1.92. The lowest BCUT2D eigenvalue weighted by Crippen LogP contribution is -2.49. The number of hydrogen-bond acceptors (Lipinski definition) is 2. The summed E-state index contributed by atoms with van der Waals surface area (Å²) < 4.78 is 15.1. The maximum atomic E-state index is 14.1. The standard InChI is InChI=1S/C21H23BrClFN2O2/c1-13(2)25-21(28)14(3)26(12-15-7-9-16(22)10-8-15)20(27)11-17-18(23)5-4-6-19(17)24/h4-10,13-14H,11-12H2,1-3H3,(H,25,28). The fourth-order valence-electron chi connectivity index (χ4n) is 2.73. The largest absolute Gasteiger partial charge is 0.352 e. The Bertz CT molecular complexity index is 823. The number of carbonyl (C=O) groups is 2. The summed E-state index contributed by atoms with van der Waals surface area (Å²) in [6, 6.07) is 11.0. The average molecular weight is 470 g/mol. The lowest BCUT2D eigenvalue weighted by atomic mass is 10.1. The second-order valence-corrected chi connectivity index (χ2v) is 8.19. The summed E-state index contributed by atoms with van der Waals surface area (Å²) in [6.45, 7) is 5.59. The summed E-state index contributed by atoms with van der Waals surface area (Å²) in [7, 11) is 0. The van der Waals surface area contributed by atoms with Gasteiger partial charge in [0.1, 0.15) is 11.9 Å². The molecule has 0 spiro atoms. The van der Waals surface area contributed by atoms with Crippen LogP contribution in [0.3, 0.4) is 0 Å². The van der Waals surface area contributed by atoms with E-state index in [1.165, 1.54) is 17.0 Å². The molecule has 28 heavy (non-hydrogen) atoms. The van der Waals surface area contributed by atoms with Gasteiger partial charge in [0, 0.05) is 27.6 Å². The van der Waals surface area contributed by atoms with E-state index in [1.54, 1.807) is 13.0 Å². The molecular formula is C21H23BrClFN2O2. The lowest BCUT2D eigenvalue weighted by Gasteiger charge is -2.29. The highest BCUT2D eigenvalue weighted by Gasteiger charge is 2.27. The van der Waals surface area contributed by atoms with Crippen LogP contribution in [0.2, 0.25) is 5.02 Å². The van der Waals surface area contributed by atoms with Crippen molar-refractivity contribution in [1.29, 1.82) is 0 Å². The molecule has 150 valence electrons. The van der Waals surface area contributed by atoms with Crippen molar-refractivity contribution in [1.82, 2.24) is 10.2 Å². The van der Waals surface area contributed by atoms with E-state index in [0.717, 1.165) is 10.0 Å². The van der Waals surface area contributed by atoms with Crippen LogP contribution in [-0.2, 0) is 22.6 Å². The van der Waals surface area contributed by atoms with Crippen LogP contribution >= 0.6 is 27.5 Å². The zero-order valence-corrected chi connectivity index (χ0v) is 18.3. The lowest BCUT2D eigenvalue weighted by molar-refractivity contribution is -0.140. The first-order valence-corrected chi connectivity index (χ1v) is 10.1. The third-order valence-corrected chi connectivity index (χ3v) is 5.14. The van der Waals surface area contributed by atoms with Crippen LogP contribution in [-0.4, -0.2) is 28.8 Å². The van der Waals surface area contributed by atoms with Gasteiger partial charge in [0.05, 0.1) is 6.42 Å². The second-order valence-electron chi connectivity index (χ2n) is 6.86. The highest BCUT2D eigenvalue weighted by atomic mass is 79.9. The van der Waals surface area contributed by atoms with Gasteiger partial charge in [-0.05, 0) is 50.6 Å². The monoisotopic (exact) mass is 468 g/mol. The van der Waals surface area contributed by atoms with Crippen LogP contribution in [0.5, 0.6) is 0 Å². The molecule has 2 amide bonds. The number of carbonyl (C=O) groups excluding carboxylic acids is 2. The van der Waals surface area contributed by atoms with E-state index in [1.807, 2.05) is 38.1 Å². The molecule has 4 nitrogen and oxygen atoms in total. The number of halogens is 3. The molecule has 1 atom stereocenters.